The van der Waals surface area contributed by atoms with Crippen molar-refractivity contribution < 1.29 is 17.6 Å². The zero-order chi connectivity index (χ0) is 15.9. The third-order valence-electron chi connectivity index (χ3n) is 4.38. The quantitative estimate of drug-likeness (QED) is 0.820. The number of rotatable bonds is 2. The highest BCUT2D eigenvalue weighted by atomic mass is 32.2. The van der Waals surface area contributed by atoms with Gasteiger partial charge in [0, 0.05) is 31.7 Å². The summed E-state index contributed by atoms with van der Waals surface area (Å²) in [5.74, 6) is -0.298. The standard InChI is InChI=1S/C15H19FN2O3S/c1-22(20,21)18-9-11-5-12(10-18)8-17(7-11)15(19)13-3-2-4-14(16)6-13/h2-4,6,11-12H,5,7-10H2,1H3. The lowest BCUT2D eigenvalue weighted by Crippen LogP contribution is -2.55. The van der Waals surface area contributed by atoms with Crippen LogP contribution in [0.1, 0.15) is 16.8 Å². The summed E-state index contributed by atoms with van der Waals surface area (Å²) in [7, 11) is -3.18. The van der Waals surface area contributed by atoms with Gasteiger partial charge in [0.15, 0.2) is 0 Å². The average molecular weight is 326 g/mol. The van der Waals surface area contributed by atoms with E-state index in [0.29, 0.717) is 31.7 Å². The van der Waals surface area contributed by atoms with Crippen molar-refractivity contribution >= 4 is 15.9 Å². The molecule has 0 spiro atoms. The van der Waals surface area contributed by atoms with Gasteiger partial charge in [-0.1, -0.05) is 6.07 Å². The molecule has 0 aliphatic carbocycles. The smallest absolute Gasteiger partial charge is 0.253 e. The number of carbonyl (C=O) groups is 1. The average Bonchev–Trinajstić information content (AvgIpc) is 2.44. The Balaban J connectivity index is 1.74. The van der Waals surface area contributed by atoms with Crippen LogP contribution in [-0.2, 0) is 10.0 Å². The van der Waals surface area contributed by atoms with Crippen LogP contribution in [0.15, 0.2) is 24.3 Å². The Morgan fingerprint density at radius 1 is 1.18 bits per heavy atom. The van der Waals surface area contributed by atoms with Gasteiger partial charge < -0.3 is 4.90 Å². The number of carbonyl (C=O) groups excluding carboxylic acids is 1. The molecule has 0 radical (unpaired) electrons. The molecule has 2 aliphatic heterocycles. The fourth-order valence-corrected chi connectivity index (χ4v) is 4.44. The summed E-state index contributed by atoms with van der Waals surface area (Å²) >= 11 is 0. The van der Waals surface area contributed by atoms with E-state index in [9.17, 15) is 17.6 Å². The first-order valence-corrected chi connectivity index (χ1v) is 9.17. The molecule has 2 atom stereocenters. The fraction of sp³-hybridized carbons (Fsp3) is 0.533. The van der Waals surface area contributed by atoms with Crippen molar-refractivity contribution in [2.24, 2.45) is 11.8 Å². The normalized spacial score (nSPS) is 26.0. The highest BCUT2D eigenvalue weighted by Crippen LogP contribution is 2.30. The summed E-state index contributed by atoms with van der Waals surface area (Å²) in [6.45, 7) is 1.97. The van der Waals surface area contributed by atoms with Crippen molar-refractivity contribution in [3.8, 4) is 0 Å². The number of piperidine rings is 2. The van der Waals surface area contributed by atoms with E-state index in [0.717, 1.165) is 6.42 Å². The Morgan fingerprint density at radius 3 is 2.36 bits per heavy atom. The molecular formula is C15H19FN2O3S. The van der Waals surface area contributed by atoms with Gasteiger partial charge in [-0.05, 0) is 36.5 Å². The van der Waals surface area contributed by atoms with Crippen LogP contribution in [0.25, 0.3) is 0 Å². The fourth-order valence-electron chi connectivity index (χ4n) is 3.47. The zero-order valence-electron chi connectivity index (χ0n) is 12.4. The van der Waals surface area contributed by atoms with Gasteiger partial charge >= 0.3 is 0 Å². The molecule has 22 heavy (non-hydrogen) atoms. The van der Waals surface area contributed by atoms with Crippen LogP contribution in [-0.4, -0.2) is 56.0 Å². The first-order chi connectivity index (χ1) is 10.3. The van der Waals surface area contributed by atoms with Crippen molar-refractivity contribution in [2.45, 2.75) is 6.42 Å². The largest absolute Gasteiger partial charge is 0.338 e. The Labute approximate surface area is 129 Å². The molecule has 2 saturated heterocycles. The van der Waals surface area contributed by atoms with Crippen LogP contribution in [0, 0.1) is 17.7 Å². The van der Waals surface area contributed by atoms with Crippen LogP contribution in [0.5, 0.6) is 0 Å². The minimum atomic E-state index is -3.18. The van der Waals surface area contributed by atoms with Crippen molar-refractivity contribution in [3.63, 3.8) is 0 Å². The molecule has 1 aromatic carbocycles. The highest BCUT2D eigenvalue weighted by molar-refractivity contribution is 7.88. The van der Waals surface area contributed by atoms with Gasteiger partial charge in [-0.25, -0.2) is 17.1 Å². The minimum Gasteiger partial charge on any atom is -0.338 e. The molecule has 120 valence electrons. The number of sulfonamides is 1. The Hall–Kier alpha value is -1.47. The monoisotopic (exact) mass is 326 g/mol. The number of halogens is 1. The van der Waals surface area contributed by atoms with E-state index in [4.69, 9.17) is 0 Å². The maximum Gasteiger partial charge on any atom is 0.253 e. The number of likely N-dealkylation sites (tertiary alicyclic amines) is 1. The molecule has 3 rings (SSSR count). The Bertz CT molecular complexity index is 678. The van der Waals surface area contributed by atoms with E-state index in [-0.39, 0.29) is 17.7 Å². The lowest BCUT2D eigenvalue weighted by molar-refractivity contribution is 0.0436. The predicted molar refractivity (Wildman–Crippen MR) is 80.3 cm³/mol. The van der Waals surface area contributed by atoms with E-state index < -0.39 is 15.8 Å². The van der Waals surface area contributed by atoms with Crippen LogP contribution in [0.4, 0.5) is 4.39 Å². The number of nitrogens with zero attached hydrogens (tertiary/aromatic N) is 2. The van der Waals surface area contributed by atoms with E-state index >= 15 is 0 Å². The van der Waals surface area contributed by atoms with Gasteiger partial charge in [0.05, 0.1) is 6.26 Å². The Morgan fingerprint density at radius 2 is 1.82 bits per heavy atom. The molecule has 0 saturated carbocycles. The molecule has 0 N–H and O–H groups in total. The number of hydrogen-bond donors (Lipinski definition) is 0. The topological polar surface area (TPSA) is 57.7 Å². The summed E-state index contributed by atoms with van der Waals surface area (Å²) in [5, 5.41) is 0. The first-order valence-electron chi connectivity index (χ1n) is 7.33. The molecular weight excluding hydrogens is 307 g/mol. The SMILES string of the molecule is CS(=O)(=O)N1CC2CC(CN(C(=O)c3cccc(F)c3)C2)C1. The van der Waals surface area contributed by atoms with Gasteiger partial charge in [0.1, 0.15) is 5.82 Å². The lowest BCUT2D eigenvalue weighted by Gasteiger charge is -2.44. The molecule has 2 fully saturated rings. The number of hydrogen-bond acceptors (Lipinski definition) is 3. The molecule has 1 aromatic rings. The maximum atomic E-state index is 13.3. The molecule has 7 heteroatoms. The third kappa shape index (κ3) is 3.15. The van der Waals surface area contributed by atoms with Crippen LogP contribution < -0.4 is 0 Å². The second-order valence-electron chi connectivity index (χ2n) is 6.27. The summed E-state index contributed by atoms with van der Waals surface area (Å²) < 4.78 is 38.2. The van der Waals surface area contributed by atoms with E-state index in [2.05, 4.69) is 0 Å². The van der Waals surface area contributed by atoms with Crippen molar-refractivity contribution in [2.75, 3.05) is 32.4 Å². The summed E-state index contributed by atoms with van der Waals surface area (Å²) in [6.07, 6.45) is 2.17. The molecule has 0 aromatic heterocycles. The maximum absolute atomic E-state index is 13.3. The summed E-state index contributed by atoms with van der Waals surface area (Å²) in [5.41, 5.74) is 0.347. The lowest BCUT2D eigenvalue weighted by atomic mass is 9.85. The third-order valence-corrected chi connectivity index (χ3v) is 5.61. The number of benzene rings is 1. The molecule has 5 nitrogen and oxygen atoms in total. The molecule has 2 aliphatic rings. The first kappa shape index (κ1) is 15.4. The molecule has 2 bridgehead atoms. The molecule has 2 unspecified atom stereocenters. The van der Waals surface area contributed by atoms with E-state index in [1.165, 1.54) is 28.8 Å². The van der Waals surface area contributed by atoms with Crippen LogP contribution in [0.2, 0.25) is 0 Å². The van der Waals surface area contributed by atoms with Crippen molar-refractivity contribution in [1.82, 2.24) is 9.21 Å². The van der Waals surface area contributed by atoms with Crippen molar-refractivity contribution in [1.29, 1.82) is 0 Å². The summed E-state index contributed by atoms with van der Waals surface area (Å²) in [6, 6.07) is 5.69. The van der Waals surface area contributed by atoms with Gasteiger partial charge in [-0.3, -0.25) is 4.79 Å². The van der Waals surface area contributed by atoms with Crippen molar-refractivity contribution in [3.05, 3.63) is 35.6 Å². The van der Waals surface area contributed by atoms with Crippen LogP contribution in [0.3, 0.4) is 0 Å². The second kappa shape index (κ2) is 5.62. The molecule has 1 amide bonds. The number of amides is 1. The van der Waals surface area contributed by atoms with Gasteiger partial charge in [0.2, 0.25) is 10.0 Å². The van der Waals surface area contributed by atoms with Gasteiger partial charge in [0.25, 0.3) is 5.91 Å². The number of fused-ring (bicyclic) bond motifs is 2. The summed E-state index contributed by atoms with van der Waals surface area (Å²) in [4.78, 5) is 14.2. The minimum absolute atomic E-state index is 0.153. The second-order valence-corrected chi connectivity index (χ2v) is 8.25. The Kier molecular flexibility index (Phi) is 3.94. The van der Waals surface area contributed by atoms with Gasteiger partial charge in [-0.2, -0.15) is 0 Å². The molecule has 2 heterocycles. The zero-order valence-corrected chi connectivity index (χ0v) is 13.2. The predicted octanol–water partition coefficient (Wildman–Crippen LogP) is 1.18. The van der Waals surface area contributed by atoms with E-state index in [1.54, 1.807) is 11.0 Å². The van der Waals surface area contributed by atoms with Gasteiger partial charge in [-0.15, -0.1) is 0 Å². The van der Waals surface area contributed by atoms with Crippen LogP contribution >= 0.6 is 0 Å². The van der Waals surface area contributed by atoms with E-state index in [1.807, 2.05) is 0 Å². The highest BCUT2D eigenvalue weighted by Gasteiger charge is 2.38.